The van der Waals surface area contributed by atoms with E-state index in [0.717, 1.165) is 4.90 Å². The van der Waals surface area contributed by atoms with Crippen molar-refractivity contribution in [1.29, 1.82) is 0 Å². The van der Waals surface area contributed by atoms with E-state index in [1.54, 1.807) is 0 Å². The van der Waals surface area contributed by atoms with E-state index in [4.69, 9.17) is 0 Å². The lowest BCUT2D eigenvalue weighted by Crippen LogP contribution is -2.39. The van der Waals surface area contributed by atoms with Gasteiger partial charge < -0.3 is 10.6 Å². The predicted octanol–water partition coefficient (Wildman–Crippen LogP) is 0.893. The zero-order valence-corrected chi connectivity index (χ0v) is 13.0. The van der Waals surface area contributed by atoms with Crippen LogP contribution in [0.5, 0.6) is 0 Å². The van der Waals surface area contributed by atoms with E-state index in [0.29, 0.717) is 6.54 Å². The third-order valence-electron chi connectivity index (χ3n) is 4.28. The van der Waals surface area contributed by atoms with Crippen LogP contribution in [0.25, 0.3) is 0 Å². The zero-order valence-electron chi connectivity index (χ0n) is 13.0. The quantitative estimate of drug-likeness (QED) is 0.584. The molecular formula is C15H23N3O3. The first kappa shape index (κ1) is 15.5. The maximum absolute atomic E-state index is 12.2. The molecule has 2 aliphatic rings. The minimum atomic E-state index is -0.386. The van der Waals surface area contributed by atoms with Crippen molar-refractivity contribution < 1.29 is 14.4 Å². The highest BCUT2D eigenvalue weighted by atomic mass is 16.2. The molecular weight excluding hydrogens is 270 g/mol. The molecule has 0 aromatic heterocycles. The van der Waals surface area contributed by atoms with Crippen LogP contribution >= 0.6 is 0 Å². The molecule has 0 spiro atoms. The number of urea groups is 1. The second-order valence-electron chi connectivity index (χ2n) is 6.56. The molecule has 1 heterocycles. The topological polar surface area (TPSA) is 78.5 Å². The van der Waals surface area contributed by atoms with Gasteiger partial charge in [0, 0.05) is 13.1 Å². The lowest BCUT2D eigenvalue weighted by Gasteiger charge is -2.13. The van der Waals surface area contributed by atoms with Crippen LogP contribution in [0.1, 0.15) is 27.7 Å². The summed E-state index contributed by atoms with van der Waals surface area (Å²) in [7, 11) is 0. The highest BCUT2D eigenvalue weighted by molar-refractivity contribution is 6.01. The Morgan fingerprint density at radius 1 is 1.43 bits per heavy atom. The van der Waals surface area contributed by atoms with Crippen molar-refractivity contribution in [2.24, 2.45) is 17.3 Å². The lowest BCUT2D eigenvalue weighted by atomic mass is 10.1. The Labute approximate surface area is 124 Å². The van der Waals surface area contributed by atoms with E-state index in [2.05, 4.69) is 30.6 Å². The van der Waals surface area contributed by atoms with Crippen LogP contribution in [0.15, 0.2) is 11.6 Å². The van der Waals surface area contributed by atoms with Crippen LogP contribution in [-0.2, 0) is 9.59 Å². The van der Waals surface area contributed by atoms with Gasteiger partial charge in [-0.25, -0.2) is 4.79 Å². The fourth-order valence-corrected chi connectivity index (χ4v) is 2.93. The van der Waals surface area contributed by atoms with Crippen molar-refractivity contribution >= 4 is 17.8 Å². The largest absolute Gasteiger partial charge is 0.354 e. The number of nitrogens with one attached hydrogen (secondary N) is 2. The van der Waals surface area contributed by atoms with Gasteiger partial charge in [0.05, 0.1) is 12.5 Å². The normalized spacial score (nSPS) is 26.4. The van der Waals surface area contributed by atoms with Crippen LogP contribution in [0.2, 0.25) is 0 Å². The second kappa shape index (κ2) is 5.50. The molecule has 2 unspecified atom stereocenters. The minimum absolute atomic E-state index is 0.00504. The van der Waals surface area contributed by atoms with Gasteiger partial charge in [-0.05, 0) is 25.2 Å². The van der Waals surface area contributed by atoms with E-state index < -0.39 is 0 Å². The number of carbonyl (C=O) groups is 3. The summed E-state index contributed by atoms with van der Waals surface area (Å²) < 4.78 is 0. The van der Waals surface area contributed by atoms with Gasteiger partial charge in [0.1, 0.15) is 0 Å². The summed E-state index contributed by atoms with van der Waals surface area (Å²) in [6.07, 6.45) is 2.14. The molecule has 0 aromatic rings. The van der Waals surface area contributed by atoms with Crippen molar-refractivity contribution in [2.45, 2.75) is 27.7 Å². The molecule has 116 valence electrons. The van der Waals surface area contributed by atoms with Crippen molar-refractivity contribution in [3.8, 4) is 0 Å². The molecule has 2 N–H and O–H groups in total. The van der Waals surface area contributed by atoms with E-state index in [1.165, 1.54) is 5.57 Å². The second-order valence-corrected chi connectivity index (χ2v) is 6.56. The molecule has 1 aliphatic carbocycles. The van der Waals surface area contributed by atoms with Gasteiger partial charge in [0.25, 0.3) is 0 Å². The fraction of sp³-hybridized carbons (Fsp3) is 0.667. The van der Waals surface area contributed by atoms with Crippen molar-refractivity contribution in [1.82, 2.24) is 15.5 Å². The zero-order chi connectivity index (χ0) is 15.8. The number of amides is 4. The third-order valence-corrected chi connectivity index (χ3v) is 4.28. The summed E-state index contributed by atoms with van der Waals surface area (Å²) in [5.41, 5.74) is 1.19. The smallest absolute Gasteiger partial charge is 0.324 e. The summed E-state index contributed by atoms with van der Waals surface area (Å²) in [5, 5.41) is 5.28. The molecule has 21 heavy (non-hydrogen) atoms. The summed E-state index contributed by atoms with van der Waals surface area (Å²) in [5.74, 6) is -0.0207. The number of hydrogen-bond donors (Lipinski definition) is 2. The number of hydrogen-bond acceptors (Lipinski definition) is 3. The first-order valence-corrected chi connectivity index (χ1v) is 7.26. The standard InChI is InChI=1S/C15H23N3O3/c1-9(2)7-10-12(15(10,3)4)13(20)16-5-6-18-11(19)8-17-14(18)21/h7,10,12H,5-6,8H2,1-4H3,(H,16,20)(H,17,21). The average Bonchev–Trinajstić information content (AvgIpc) is 2.75. The van der Waals surface area contributed by atoms with E-state index in [-0.39, 0.29) is 48.2 Å². The Kier molecular flexibility index (Phi) is 4.07. The van der Waals surface area contributed by atoms with Crippen LogP contribution < -0.4 is 10.6 Å². The van der Waals surface area contributed by atoms with Crippen LogP contribution in [0.4, 0.5) is 4.79 Å². The van der Waals surface area contributed by atoms with E-state index in [1.807, 2.05) is 13.8 Å². The van der Waals surface area contributed by atoms with Gasteiger partial charge in [0.15, 0.2) is 0 Å². The SMILES string of the molecule is CC(C)=CC1C(C(=O)NCCN2C(=O)CNC2=O)C1(C)C. The summed E-state index contributed by atoms with van der Waals surface area (Å²) in [6.45, 7) is 8.79. The Balaban J connectivity index is 1.82. The van der Waals surface area contributed by atoms with E-state index >= 15 is 0 Å². The maximum Gasteiger partial charge on any atom is 0.324 e. The Morgan fingerprint density at radius 2 is 2.10 bits per heavy atom. The maximum atomic E-state index is 12.2. The number of rotatable bonds is 5. The molecule has 4 amide bonds. The molecule has 0 bridgehead atoms. The van der Waals surface area contributed by atoms with Crippen molar-refractivity contribution in [3.05, 3.63) is 11.6 Å². The molecule has 2 fully saturated rings. The molecule has 0 radical (unpaired) electrons. The summed E-state index contributed by atoms with van der Waals surface area (Å²) in [4.78, 5) is 36.1. The van der Waals surface area contributed by atoms with Crippen LogP contribution in [0, 0.1) is 17.3 Å². The van der Waals surface area contributed by atoms with Gasteiger partial charge in [-0.3, -0.25) is 14.5 Å². The van der Waals surface area contributed by atoms with Crippen LogP contribution in [0.3, 0.4) is 0 Å². The minimum Gasteiger partial charge on any atom is -0.354 e. The molecule has 2 atom stereocenters. The monoisotopic (exact) mass is 293 g/mol. The first-order chi connectivity index (χ1) is 9.75. The third kappa shape index (κ3) is 3.09. The van der Waals surface area contributed by atoms with Crippen molar-refractivity contribution in [3.63, 3.8) is 0 Å². The van der Waals surface area contributed by atoms with Crippen molar-refractivity contribution in [2.75, 3.05) is 19.6 Å². The molecule has 2 rings (SSSR count). The Hall–Kier alpha value is -1.85. The Morgan fingerprint density at radius 3 is 2.62 bits per heavy atom. The average molecular weight is 293 g/mol. The summed E-state index contributed by atoms with van der Waals surface area (Å²) >= 11 is 0. The first-order valence-electron chi connectivity index (χ1n) is 7.26. The highest BCUT2D eigenvalue weighted by Gasteiger charge is 2.60. The predicted molar refractivity (Wildman–Crippen MR) is 78.3 cm³/mol. The number of carbonyl (C=O) groups excluding carboxylic acids is 3. The van der Waals surface area contributed by atoms with Gasteiger partial charge in [-0.2, -0.15) is 0 Å². The van der Waals surface area contributed by atoms with E-state index in [9.17, 15) is 14.4 Å². The number of imide groups is 1. The van der Waals surface area contributed by atoms with Crippen LogP contribution in [-0.4, -0.2) is 42.4 Å². The lowest BCUT2D eigenvalue weighted by molar-refractivity contribution is -0.126. The van der Waals surface area contributed by atoms with Gasteiger partial charge in [-0.1, -0.05) is 25.5 Å². The number of allylic oxidation sites excluding steroid dienone is 2. The molecule has 0 aromatic carbocycles. The molecule has 6 nitrogen and oxygen atoms in total. The molecule has 1 aliphatic heterocycles. The molecule has 1 saturated carbocycles. The Bertz CT molecular complexity index is 490. The molecule has 6 heteroatoms. The highest BCUT2D eigenvalue weighted by Crippen LogP contribution is 2.59. The fourth-order valence-electron chi connectivity index (χ4n) is 2.93. The van der Waals surface area contributed by atoms with Gasteiger partial charge >= 0.3 is 6.03 Å². The van der Waals surface area contributed by atoms with Gasteiger partial charge in [0.2, 0.25) is 11.8 Å². The molecule has 1 saturated heterocycles. The summed E-state index contributed by atoms with van der Waals surface area (Å²) in [6, 6.07) is -0.386. The number of nitrogens with zero attached hydrogens (tertiary/aromatic N) is 1. The van der Waals surface area contributed by atoms with Gasteiger partial charge in [-0.15, -0.1) is 0 Å².